The smallest absolute Gasteiger partial charge is 0.381 e. The maximum Gasteiger partial charge on any atom is 0.503 e. The SMILES string of the molecule is CCO[Si](CCOCCC(N)=O)(OCC)OCC. The highest BCUT2D eigenvalue weighted by Gasteiger charge is 2.39. The van der Waals surface area contributed by atoms with Crippen molar-refractivity contribution in [3.8, 4) is 0 Å². The first-order valence-electron chi connectivity index (χ1n) is 6.38. The van der Waals surface area contributed by atoms with Gasteiger partial charge in [-0.15, -0.1) is 0 Å². The van der Waals surface area contributed by atoms with Crippen molar-refractivity contribution in [2.45, 2.75) is 33.2 Å². The molecule has 0 saturated heterocycles. The fourth-order valence-electron chi connectivity index (χ4n) is 1.47. The van der Waals surface area contributed by atoms with Crippen LogP contribution in [0.15, 0.2) is 0 Å². The fourth-order valence-corrected chi connectivity index (χ4v) is 3.87. The molecule has 0 heterocycles. The van der Waals surface area contributed by atoms with Gasteiger partial charge in [-0.1, -0.05) is 0 Å². The second-order valence-corrected chi connectivity index (χ2v) is 6.29. The highest BCUT2D eigenvalue weighted by Crippen LogP contribution is 2.16. The number of primary amides is 1. The van der Waals surface area contributed by atoms with E-state index < -0.39 is 8.80 Å². The summed E-state index contributed by atoms with van der Waals surface area (Å²) in [5, 5.41) is 0. The molecule has 0 aliphatic heterocycles. The van der Waals surface area contributed by atoms with E-state index in [-0.39, 0.29) is 12.3 Å². The van der Waals surface area contributed by atoms with E-state index in [0.29, 0.717) is 39.1 Å². The van der Waals surface area contributed by atoms with Crippen molar-refractivity contribution in [1.82, 2.24) is 0 Å². The van der Waals surface area contributed by atoms with Gasteiger partial charge in [0.1, 0.15) is 0 Å². The molecule has 0 spiro atoms. The Kier molecular flexibility index (Phi) is 10.2. The summed E-state index contributed by atoms with van der Waals surface area (Å²) < 4.78 is 22.3. The number of ether oxygens (including phenoxy) is 1. The minimum absolute atomic E-state index is 0.229. The molecule has 0 aromatic heterocycles. The van der Waals surface area contributed by atoms with E-state index in [4.69, 9.17) is 23.7 Å². The highest BCUT2D eigenvalue weighted by molar-refractivity contribution is 6.60. The zero-order valence-corrected chi connectivity index (χ0v) is 12.6. The molecule has 1 amide bonds. The molecule has 0 fully saturated rings. The van der Waals surface area contributed by atoms with Gasteiger partial charge in [0.2, 0.25) is 5.91 Å². The molecule has 0 aromatic rings. The van der Waals surface area contributed by atoms with Crippen molar-refractivity contribution in [2.75, 3.05) is 33.0 Å². The Bertz CT molecular complexity index is 210. The maximum atomic E-state index is 10.5. The molecule has 0 radical (unpaired) electrons. The summed E-state index contributed by atoms with van der Waals surface area (Å²) in [6, 6.07) is 0.585. The number of amides is 1. The third-order valence-electron chi connectivity index (χ3n) is 2.14. The van der Waals surface area contributed by atoms with E-state index in [2.05, 4.69) is 0 Å². The van der Waals surface area contributed by atoms with Gasteiger partial charge >= 0.3 is 8.80 Å². The van der Waals surface area contributed by atoms with Gasteiger partial charge in [-0.3, -0.25) is 4.79 Å². The molecular weight excluding hydrogens is 254 g/mol. The van der Waals surface area contributed by atoms with Crippen molar-refractivity contribution < 1.29 is 22.8 Å². The lowest BCUT2D eigenvalue weighted by Crippen LogP contribution is -2.46. The number of hydrogen-bond donors (Lipinski definition) is 1. The van der Waals surface area contributed by atoms with Crippen LogP contribution < -0.4 is 5.73 Å². The zero-order valence-electron chi connectivity index (χ0n) is 11.6. The Morgan fingerprint density at radius 1 is 1.00 bits per heavy atom. The fraction of sp³-hybridized carbons (Fsp3) is 0.909. The van der Waals surface area contributed by atoms with E-state index in [9.17, 15) is 4.79 Å². The van der Waals surface area contributed by atoms with Gasteiger partial charge in [0.25, 0.3) is 0 Å². The lowest BCUT2D eigenvalue weighted by molar-refractivity contribution is -0.119. The molecule has 0 aromatic carbocycles. The average Bonchev–Trinajstić information content (AvgIpc) is 2.29. The van der Waals surface area contributed by atoms with Crippen LogP contribution >= 0.6 is 0 Å². The minimum Gasteiger partial charge on any atom is -0.381 e. The molecule has 0 aliphatic rings. The van der Waals surface area contributed by atoms with Crippen LogP contribution in [0.1, 0.15) is 27.2 Å². The van der Waals surface area contributed by atoms with Crippen LogP contribution in [0, 0.1) is 0 Å². The van der Waals surface area contributed by atoms with Crippen molar-refractivity contribution in [3.63, 3.8) is 0 Å². The molecule has 7 heteroatoms. The van der Waals surface area contributed by atoms with Crippen molar-refractivity contribution in [2.24, 2.45) is 5.73 Å². The van der Waals surface area contributed by atoms with Gasteiger partial charge in [0.15, 0.2) is 0 Å². The van der Waals surface area contributed by atoms with E-state index in [1.807, 2.05) is 20.8 Å². The first-order valence-corrected chi connectivity index (χ1v) is 8.31. The van der Waals surface area contributed by atoms with Crippen molar-refractivity contribution in [1.29, 1.82) is 0 Å². The number of hydrogen-bond acceptors (Lipinski definition) is 5. The second-order valence-electron chi connectivity index (χ2n) is 3.56. The predicted octanol–water partition coefficient (Wildman–Crippen LogP) is 0.927. The Morgan fingerprint density at radius 3 is 1.89 bits per heavy atom. The summed E-state index contributed by atoms with van der Waals surface area (Å²) in [5.41, 5.74) is 5.02. The predicted molar refractivity (Wildman–Crippen MR) is 70.1 cm³/mol. The van der Waals surface area contributed by atoms with Crippen LogP contribution in [0.5, 0.6) is 0 Å². The van der Waals surface area contributed by atoms with Gasteiger partial charge in [-0.2, -0.15) is 0 Å². The topological polar surface area (TPSA) is 80.0 Å². The molecule has 0 unspecified atom stereocenters. The molecule has 108 valence electrons. The van der Waals surface area contributed by atoms with Crippen molar-refractivity contribution in [3.05, 3.63) is 0 Å². The van der Waals surface area contributed by atoms with E-state index in [1.165, 1.54) is 0 Å². The molecular formula is C11H25NO5Si. The van der Waals surface area contributed by atoms with E-state index in [0.717, 1.165) is 0 Å². The number of rotatable bonds is 12. The minimum atomic E-state index is -2.61. The molecule has 0 atom stereocenters. The quantitative estimate of drug-likeness (QED) is 0.424. The van der Waals surface area contributed by atoms with Crippen LogP contribution in [-0.2, 0) is 22.8 Å². The Hall–Kier alpha value is -0.473. The summed E-state index contributed by atoms with van der Waals surface area (Å²) in [7, 11) is -2.61. The maximum absolute atomic E-state index is 10.5. The normalized spacial score (nSPS) is 11.7. The zero-order chi connectivity index (χ0) is 13.9. The number of carbonyl (C=O) groups is 1. The van der Waals surface area contributed by atoms with E-state index in [1.54, 1.807) is 0 Å². The van der Waals surface area contributed by atoms with Crippen LogP contribution in [0.4, 0.5) is 0 Å². The molecule has 0 aliphatic carbocycles. The highest BCUT2D eigenvalue weighted by atomic mass is 28.4. The molecule has 18 heavy (non-hydrogen) atoms. The largest absolute Gasteiger partial charge is 0.503 e. The molecule has 0 bridgehead atoms. The Morgan fingerprint density at radius 2 is 1.50 bits per heavy atom. The summed E-state index contributed by atoms with van der Waals surface area (Å²) >= 11 is 0. The van der Waals surface area contributed by atoms with E-state index >= 15 is 0 Å². The molecule has 0 rings (SSSR count). The first-order chi connectivity index (χ1) is 8.60. The van der Waals surface area contributed by atoms with Gasteiger partial charge in [-0.25, -0.2) is 0 Å². The second kappa shape index (κ2) is 10.4. The molecule has 0 saturated carbocycles. The third kappa shape index (κ3) is 7.78. The average molecular weight is 279 g/mol. The van der Waals surface area contributed by atoms with Crippen LogP contribution in [-0.4, -0.2) is 47.7 Å². The summed E-state index contributed by atoms with van der Waals surface area (Å²) in [6.07, 6.45) is 0.229. The van der Waals surface area contributed by atoms with Gasteiger partial charge < -0.3 is 23.7 Å². The summed E-state index contributed by atoms with van der Waals surface area (Å²) in [4.78, 5) is 10.5. The Balaban J connectivity index is 4.08. The lowest BCUT2D eigenvalue weighted by Gasteiger charge is -2.28. The van der Waals surface area contributed by atoms with Gasteiger partial charge in [0, 0.05) is 32.3 Å². The number of carbonyl (C=O) groups excluding carboxylic acids is 1. The standard InChI is InChI=1S/C11H25NO5Si/c1-4-15-18(16-5-2,17-6-3)10-9-14-8-7-11(12)13/h4-10H2,1-3H3,(H2,12,13). The first kappa shape index (κ1) is 17.5. The van der Waals surface area contributed by atoms with Crippen LogP contribution in [0.3, 0.4) is 0 Å². The lowest BCUT2D eigenvalue weighted by atomic mass is 10.4. The van der Waals surface area contributed by atoms with Gasteiger partial charge in [0.05, 0.1) is 13.2 Å². The Labute approximate surface area is 110 Å². The summed E-state index contributed by atoms with van der Waals surface area (Å²) in [6.45, 7) is 8.15. The molecule has 2 N–H and O–H groups in total. The van der Waals surface area contributed by atoms with Crippen LogP contribution in [0.25, 0.3) is 0 Å². The molecule has 6 nitrogen and oxygen atoms in total. The van der Waals surface area contributed by atoms with Gasteiger partial charge in [-0.05, 0) is 20.8 Å². The van der Waals surface area contributed by atoms with Crippen LogP contribution in [0.2, 0.25) is 6.04 Å². The number of nitrogens with two attached hydrogens (primary N) is 1. The third-order valence-corrected chi connectivity index (χ3v) is 5.14. The monoisotopic (exact) mass is 279 g/mol. The van der Waals surface area contributed by atoms with Crippen molar-refractivity contribution >= 4 is 14.7 Å². The summed E-state index contributed by atoms with van der Waals surface area (Å²) in [5.74, 6) is -0.363.